The Bertz CT molecular complexity index is 485. The normalized spacial score (nSPS) is 16.5. The van der Waals surface area contributed by atoms with Gasteiger partial charge in [0.05, 0.1) is 6.54 Å². The summed E-state index contributed by atoms with van der Waals surface area (Å²) in [6.07, 6.45) is 1.88. The molecule has 0 saturated carbocycles. The third-order valence-corrected chi connectivity index (χ3v) is 4.07. The summed E-state index contributed by atoms with van der Waals surface area (Å²) >= 11 is 0. The number of hydrogen-bond donors (Lipinski definition) is 2. The van der Waals surface area contributed by atoms with Gasteiger partial charge in [0, 0.05) is 24.7 Å². The van der Waals surface area contributed by atoms with Gasteiger partial charge in [-0.1, -0.05) is 18.2 Å². The number of piperidine rings is 1. The number of amides is 2. The van der Waals surface area contributed by atoms with E-state index in [4.69, 9.17) is 5.73 Å². The number of nitrogens with one attached hydrogen (secondary N) is 1. The highest BCUT2D eigenvalue weighted by atomic mass is 35.5. The van der Waals surface area contributed by atoms with Crippen molar-refractivity contribution < 1.29 is 9.59 Å². The molecule has 0 bridgehead atoms. The van der Waals surface area contributed by atoms with Crippen LogP contribution in [0.25, 0.3) is 0 Å². The molecule has 0 radical (unpaired) electrons. The van der Waals surface area contributed by atoms with Crippen LogP contribution in [0.3, 0.4) is 0 Å². The lowest BCUT2D eigenvalue weighted by molar-refractivity contribution is -0.131. The van der Waals surface area contributed by atoms with E-state index in [1.165, 1.54) is 0 Å². The first-order chi connectivity index (χ1) is 10.1. The number of rotatable bonds is 4. The van der Waals surface area contributed by atoms with Crippen molar-refractivity contribution in [3.8, 4) is 0 Å². The van der Waals surface area contributed by atoms with Gasteiger partial charge >= 0.3 is 0 Å². The predicted molar refractivity (Wildman–Crippen MR) is 89.0 cm³/mol. The smallest absolute Gasteiger partial charge is 0.251 e. The Morgan fingerprint density at radius 1 is 1.27 bits per heavy atom. The third-order valence-electron chi connectivity index (χ3n) is 4.07. The molecule has 1 atom stereocenters. The largest absolute Gasteiger partial charge is 0.343 e. The van der Waals surface area contributed by atoms with Gasteiger partial charge < -0.3 is 16.0 Å². The fourth-order valence-electron chi connectivity index (χ4n) is 2.63. The maximum absolute atomic E-state index is 12.1. The zero-order valence-corrected chi connectivity index (χ0v) is 13.6. The molecule has 1 aliphatic heterocycles. The van der Waals surface area contributed by atoms with E-state index in [0.717, 1.165) is 25.9 Å². The van der Waals surface area contributed by atoms with Crippen molar-refractivity contribution in [2.75, 3.05) is 19.6 Å². The van der Waals surface area contributed by atoms with Crippen LogP contribution in [0.1, 0.15) is 30.1 Å². The monoisotopic (exact) mass is 325 g/mol. The van der Waals surface area contributed by atoms with E-state index >= 15 is 0 Å². The molecule has 6 heteroatoms. The summed E-state index contributed by atoms with van der Waals surface area (Å²) in [5, 5.41) is 2.68. The van der Waals surface area contributed by atoms with E-state index in [9.17, 15) is 9.59 Å². The van der Waals surface area contributed by atoms with Gasteiger partial charge in [0.25, 0.3) is 5.91 Å². The van der Waals surface area contributed by atoms with Gasteiger partial charge in [0.1, 0.15) is 0 Å². The molecule has 1 saturated heterocycles. The van der Waals surface area contributed by atoms with Crippen molar-refractivity contribution in [1.82, 2.24) is 10.2 Å². The van der Waals surface area contributed by atoms with Crippen LogP contribution in [0.4, 0.5) is 0 Å². The van der Waals surface area contributed by atoms with Crippen molar-refractivity contribution in [3.05, 3.63) is 35.9 Å². The van der Waals surface area contributed by atoms with Crippen molar-refractivity contribution >= 4 is 24.2 Å². The Hall–Kier alpha value is -1.59. The molecule has 3 N–H and O–H groups in total. The second kappa shape index (κ2) is 8.76. The molecule has 22 heavy (non-hydrogen) atoms. The van der Waals surface area contributed by atoms with Gasteiger partial charge in [-0.05, 0) is 37.8 Å². The number of halogens is 1. The van der Waals surface area contributed by atoms with E-state index in [0.29, 0.717) is 11.5 Å². The standard InChI is InChI=1S/C16H23N3O2.ClH/c1-12(17)13-7-9-19(10-8-13)15(20)11-18-16(21)14-5-3-2-4-6-14;/h2-6,12-13H,7-11,17H2,1H3,(H,18,21);1H. The fraction of sp³-hybridized carbons (Fsp3) is 0.500. The van der Waals surface area contributed by atoms with Crippen LogP contribution in [0, 0.1) is 5.92 Å². The topological polar surface area (TPSA) is 75.4 Å². The van der Waals surface area contributed by atoms with E-state index in [1.807, 2.05) is 17.9 Å². The van der Waals surface area contributed by atoms with Crippen LogP contribution in [-0.2, 0) is 4.79 Å². The quantitative estimate of drug-likeness (QED) is 0.879. The summed E-state index contributed by atoms with van der Waals surface area (Å²) in [5.74, 6) is 0.254. The molecular formula is C16H24ClN3O2. The molecule has 1 unspecified atom stereocenters. The van der Waals surface area contributed by atoms with Crippen LogP contribution in [0.2, 0.25) is 0 Å². The Balaban J connectivity index is 0.00000242. The zero-order chi connectivity index (χ0) is 15.2. The molecule has 2 rings (SSSR count). The molecule has 0 aliphatic carbocycles. The molecule has 2 amide bonds. The maximum Gasteiger partial charge on any atom is 0.251 e. The van der Waals surface area contributed by atoms with Crippen LogP contribution in [-0.4, -0.2) is 42.4 Å². The number of nitrogens with two attached hydrogens (primary N) is 1. The molecule has 1 heterocycles. The molecule has 1 aromatic carbocycles. The van der Waals surface area contributed by atoms with E-state index in [2.05, 4.69) is 5.32 Å². The Morgan fingerprint density at radius 3 is 2.41 bits per heavy atom. The molecular weight excluding hydrogens is 302 g/mol. The summed E-state index contributed by atoms with van der Waals surface area (Å²) in [7, 11) is 0. The predicted octanol–water partition coefficient (Wildman–Crippen LogP) is 1.42. The first-order valence-corrected chi connectivity index (χ1v) is 7.44. The SMILES string of the molecule is CC(N)C1CCN(C(=O)CNC(=O)c2ccccc2)CC1.Cl. The lowest BCUT2D eigenvalue weighted by Crippen LogP contribution is -2.46. The van der Waals surface area contributed by atoms with E-state index in [-0.39, 0.29) is 36.8 Å². The van der Waals surface area contributed by atoms with Gasteiger partial charge in [-0.3, -0.25) is 9.59 Å². The van der Waals surface area contributed by atoms with E-state index in [1.54, 1.807) is 24.3 Å². The van der Waals surface area contributed by atoms with Gasteiger partial charge in [0.15, 0.2) is 0 Å². The maximum atomic E-state index is 12.1. The number of carbonyl (C=O) groups excluding carboxylic acids is 2. The fourth-order valence-corrected chi connectivity index (χ4v) is 2.63. The number of carbonyl (C=O) groups is 2. The van der Waals surface area contributed by atoms with Crippen LogP contribution < -0.4 is 11.1 Å². The molecule has 1 aromatic rings. The van der Waals surface area contributed by atoms with Crippen LogP contribution in [0.15, 0.2) is 30.3 Å². The second-order valence-electron chi connectivity index (χ2n) is 5.63. The van der Waals surface area contributed by atoms with E-state index < -0.39 is 0 Å². The minimum Gasteiger partial charge on any atom is -0.343 e. The summed E-state index contributed by atoms with van der Waals surface area (Å²) < 4.78 is 0. The number of likely N-dealkylation sites (tertiary alicyclic amines) is 1. The van der Waals surface area contributed by atoms with Crippen LogP contribution in [0.5, 0.6) is 0 Å². The first-order valence-electron chi connectivity index (χ1n) is 7.44. The average molecular weight is 326 g/mol. The average Bonchev–Trinajstić information content (AvgIpc) is 2.53. The zero-order valence-electron chi connectivity index (χ0n) is 12.8. The highest BCUT2D eigenvalue weighted by molar-refractivity contribution is 5.96. The molecule has 0 aromatic heterocycles. The lowest BCUT2D eigenvalue weighted by Gasteiger charge is -2.33. The highest BCUT2D eigenvalue weighted by Gasteiger charge is 2.24. The minimum atomic E-state index is -0.214. The van der Waals surface area contributed by atoms with Gasteiger partial charge in [0.2, 0.25) is 5.91 Å². The molecule has 0 spiro atoms. The molecule has 1 aliphatic rings. The molecule has 5 nitrogen and oxygen atoms in total. The summed E-state index contributed by atoms with van der Waals surface area (Å²) in [5.41, 5.74) is 6.46. The highest BCUT2D eigenvalue weighted by Crippen LogP contribution is 2.19. The summed E-state index contributed by atoms with van der Waals surface area (Å²) in [6.45, 7) is 3.53. The minimum absolute atomic E-state index is 0. The first kappa shape index (κ1) is 18.5. The number of hydrogen-bond acceptors (Lipinski definition) is 3. The van der Waals surface area contributed by atoms with Gasteiger partial charge in [-0.15, -0.1) is 12.4 Å². The van der Waals surface area contributed by atoms with Crippen LogP contribution >= 0.6 is 12.4 Å². The lowest BCUT2D eigenvalue weighted by atomic mass is 9.91. The van der Waals surface area contributed by atoms with Crippen molar-refractivity contribution in [3.63, 3.8) is 0 Å². The molecule has 122 valence electrons. The Morgan fingerprint density at radius 2 is 1.86 bits per heavy atom. The summed E-state index contributed by atoms with van der Waals surface area (Å²) in [6, 6.07) is 9.09. The third kappa shape index (κ3) is 5.00. The Kier molecular flexibility index (Phi) is 7.35. The second-order valence-corrected chi connectivity index (χ2v) is 5.63. The van der Waals surface area contributed by atoms with Crippen molar-refractivity contribution in [2.45, 2.75) is 25.8 Å². The number of benzene rings is 1. The van der Waals surface area contributed by atoms with Gasteiger partial charge in [-0.25, -0.2) is 0 Å². The van der Waals surface area contributed by atoms with Crippen molar-refractivity contribution in [2.24, 2.45) is 11.7 Å². The molecule has 1 fully saturated rings. The van der Waals surface area contributed by atoms with Crippen molar-refractivity contribution in [1.29, 1.82) is 0 Å². The Labute approximate surface area is 137 Å². The summed E-state index contributed by atoms with van der Waals surface area (Å²) in [4.78, 5) is 25.8. The number of nitrogens with zero attached hydrogens (tertiary/aromatic N) is 1. The van der Waals surface area contributed by atoms with Gasteiger partial charge in [-0.2, -0.15) is 0 Å².